The van der Waals surface area contributed by atoms with E-state index in [9.17, 15) is 9.90 Å². The third-order valence-electron chi connectivity index (χ3n) is 3.86. The topological polar surface area (TPSA) is 60.7 Å². The Morgan fingerprint density at radius 3 is 2.62 bits per heavy atom. The Hall–Kier alpha value is -2.95. The van der Waals surface area contributed by atoms with Gasteiger partial charge in [0.05, 0.1) is 12.1 Å². The van der Waals surface area contributed by atoms with Gasteiger partial charge >= 0.3 is 5.97 Å². The number of nitrogens with zero attached hydrogens (tertiary/aromatic N) is 1. The van der Waals surface area contributed by atoms with Crippen molar-refractivity contribution in [2.75, 3.05) is 6.61 Å². The van der Waals surface area contributed by atoms with Gasteiger partial charge in [0, 0.05) is 12.4 Å². The van der Waals surface area contributed by atoms with Crippen molar-refractivity contribution in [3.8, 4) is 11.5 Å². The lowest BCUT2D eigenvalue weighted by Crippen LogP contribution is -2.09. The maximum atomic E-state index is 12.0. The highest BCUT2D eigenvalue weighted by Crippen LogP contribution is 2.34. The molecule has 1 aromatic heterocycles. The fourth-order valence-electron chi connectivity index (χ4n) is 2.67. The Morgan fingerprint density at radius 2 is 1.92 bits per heavy atom. The quantitative estimate of drug-likeness (QED) is 0.728. The molecule has 0 saturated carbocycles. The molecule has 1 N–H and O–H groups in total. The van der Waals surface area contributed by atoms with E-state index in [4.69, 9.17) is 9.47 Å². The van der Waals surface area contributed by atoms with E-state index in [-0.39, 0.29) is 18.1 Å². The van der Waals surface area contributed by atoms with Crippen LogP contribution in [0.2, 0.25) is 0 Å². The fraction of sp³-hybridized carbons (Fsp3) is 0.211. The Labute approximate surface area is 140 Å². The Kier molecular flexibility index (Phi) is 4.42. The summed E-state index contributed by atoms with van der Waals surface area (Å²) in [7, 11) is 1.72. The zero-order chi connectivity index (χ0) is 17.1. The minimum absolute atomic E-state index is 0.0869. The van der Waals surface area contributed by atoms with E-state index < -0.39 is 5.97 Å². The van der Waals surface area contributed by atoms with E-state index >= 15 is 0 Å². The first-order valence-electron chi connectivity index (χ1n) is 7.77. The van der Waals surface area contributed by atoms with Crippen molar-refractivity contribution in [2.45, 2.75) is 13.5 Å². The van der Waals surface area contributed by atoms with Gasteiger partial charge in [-0.3, -0.25) is 0 Å². The number of rotatable bonds is 5. The van der Waals surface area contributed by atoms with Crippen LogP contribution in [0, 0.1) is 0 Å². The average Bonchev–Trinajstić information content (AvgIpc) is 2.85. The molecule has 0 amide bonds. The standard InChI is InChI=1S/C19H19NO4/c1-3-23-19(22)17-18(21)15-11-14(9-10-16(15)20(17)2)24-12-13-7-5-4-6-8-13/h4-11,21H,3,12H2,1-2H3. The summed E-state index contributed by atoms with van der Waals surface area (Å²) in [4.78, 5) is 12.0. The SMILES string of the molecule is CCOC(=O)c1c(O)c2cc(OCc3ccccc3)ccc2n1C. The van der Waals surface area contributed by atoms with Crippen molar-refractivity contribution in [3.63, 3.8) is 0 Å². The molecule has 0 atom stereocenters. The zero-order valence-corrected chi connectivity index (χ0v) is 13.7. The van der Waals surface area contributed by atoms with Gasteiger partial charge in [0.15, 0.2) is 11.4 Å². The Balaban J connectivity index is 1.90. The van der Waals surface area contributed by atoms with Gasteiger partial charge in [-0.15, -0.1) is 0 Å². The third kappa shape index (κ3) is 2.93. The minimum Gasteiger partial charge on any atom is -0.505 e. The summed E-state index contributed by atoms with van der Waals surface area (Å²) in [6, 6.07) is 15.2. The van der Waals surface area contributed by atoms with Crippen LogP contribution < -0.4 is 4.74 Å². The largest absolute Gasteiger partial charge is 0.505 e. The number of hydrogen-bond donors (Lipinski definition) is 1. The first kappa shape index (κ1) is 15.9. The van der Waals surface area contributed by atoms with E-state index in [0.717, 1.165) is 11.1 Å². The van der Waals surface area contributed by atoms with E-state index in [0.29, 0.717) is 17.7 Å². The number of carbonyl (C=O) groups excluding carboxylic acids is 1. The first-order valence-corrected chi connectivity index (χ1v) is 7.77. The number of aromatic hydroxyl groups is 1. The normalized spacial score (nSPS) is 10.8. The molecule has 0 aliphatic rings. The number of fused-ring (bicyclic) bond motifs is 1. The highest BCUT2D eigenvalue weighted by Gasteiger charge is 2.22. The number of ether oxygens (including phenoxy) is 2. The van der Waals surface area contributed by atoms with E-state index in [2.05, 4.69) is 0 Å². The molecule has 2 aromatic carbocycles. The number of esters is 1. The summed E-state index contributed by atoms with van der Waals surface area (Å²) in [5, 5.41) is 11.0. The van der Waals surface area contributed by atoms with Crippen LogP contribution in [0.15, 0.2) is 48.5 Å². The molecule has 0 radical (unpaired) electrons. The molecule has 5 heteroatoms. The van der Waals surface area contributed by atoms with Gasteiger partial charge < -0.3 is 19.1 Å². The number of hydrogen-bond acceptors (Lipinski definition) is 4. The second-order valence-corrected chi connectivity index (χ2v) is 5.43. The van der Waals surface area contributed by atoms with Crippen molar-refractivity contribution in [1.82, 2.24) is 4.57 Å². The summed E-state index contributed by atoms with van der Waals surface area (Å²) in [6.07, 6.45) is 0. The van der Waals surface area contributed by atoms with Crippen LogP contribution in [-0.2, 0) is 18.4 Å². The lowest BCUT2D eigenvalue weighted by Gasteiger charge is -2.06. The Morgan fingerprint density at radius 1 is 1.17 bits per heavy atom. The monoisotopic (exact) mass is 325 g/mol. The van der Waals surface area contributed by atoms with Crippen LogP contribution in [0.5, 0.6) is 11.5 Å². The molecule has 0 spiro atoms. The van der Waals surface area contributed by atoms with Crippen LogP contribution in [0.25, 0.3) is 10.9 Å². The fourth-order valence-corrected chi connectivity index (χ4v) is 2.67. The van der Waals surface area contributed by atoms with E-state index in [1.165, 1.54) is 0 Å². The summed E-state index contributed by atoms with van der Waals surface area (Å²) < 4.78 is 12.4. The number of aromatic nitrogens is 1. The average molecular weight is 325 g/mol. The molecule has 5 nitrogen and oxygen atoms in total. The van der Waals surface area contributed by atoms with Gasteiger partial charge in [-0.25, -0.2) is 4.79 Å². The summed E-state index contributed by atoms with van der Waals surface area (Å²) in [5.74, 6) is -0.000716. The number of carbonyl (C=O) groups is 1. The van der Waals surface area contributed by atoms with Crippen LogP contribution in [0.3, 0.4) is 0 Å². The molecule has 124 valence electrons. The van der Waals surface area contributed by atoms with Crippen molar-refractivity contribution in [1.29, 1.82) is 0 Å². The van der Waals surface area contributed by atoms with Gasteiger partial charge in [0.25, 0.3) is 0 Å². The van der Waals surface area contributed by atoms with Gasteiger partial charge in [0.2, 0.25) is 0 Å². The lowest BCUT2D eigenvalue weighted by atomic mass is 10.2. The van der Waals surface area contributed by atoms with Gasteiger partial charge in [-0.05, 0) is 30.7 Å². The number of aryl methyl sites for hydroxylation is 1. The molecule has 0 aliphatic heterocycles. The van der Waals surface area contributed by atoms with Gasteiger partial charge in [-0.2, -0.15) is 0 Å². The van der Waals surface area contributed by atoms with Crippen molar-refractivity contribution < 1.29 is 19.4 Å². The highest BCUT2D eigenvalue weighted by atomic mass is 16.5. The molecule has 0 saturated heterocycles. The summed E-state index contributed by atoms with van der Waals surface area (Å²) in [6.45, 7) is 2.42. The lowest BCUT2D eigenvalue weighted by molar-refractivity contribution is 0.0512. The second-order valence-electron chi connectivity index (χ2n) is 5.43. The molecule has 3 aromatic rings. The number of benzene rings is 2. The van der Waals surface area contributed by atoms with Crippen molar-refractivity contribution in [3.05, 3.63) is 59.8 Å². The zero-order valence-electron chi connectivity index (χ0n) is 13.7. The van der Waals surface area contributed by atoms with Crippen LogP contribution in [0.1, 0.15) is 23.0 Å². The van der Waals surface area contributed by atoms with Crippen molar-refractivity contribution >= 4 is 16.9 Å². The molecule has 0 unspecified atom stereocenters. The summed E-state index contributed by atoms with van der Waals surface area (Å²) in [5.41, 5.74) is 1.94. The molecular weight excluding hydrogens is 306 g/mol. The molecule has 24 heavy (non-hydrogen) atoms. The Bertz CT molecular complexity index is 868. The molecular formula is C19H19NO4. The first-order chi connectivity index (χ1) is 11.6. The van der Waals surface area contributed by atoms with E-state index in [1.54, 1.807) is 24.6 Å². The third-order valence-corrected chi connectivity index (χ3v) is 3.86. The maximum absolute atomic E-state index is 12.0. The maximum Gasteiger partial charge on any atom is 0.358 e. The summed E-state index contributed by atoms with van der Waals surface area (Å²) >= 11 is 0. The van der Waals surface area contributed by atoms with Crippen LogP contribution in [0.4, 0.5) is 0 Å². The molecule has 3 rings (SSSR count). The molecule has 1 heterocycles. The highest BCUT2D eigenvalue weighted by molar-refractivity contribution is 6.01. The van der Waals surface area contributed by atoms with E-state index in [1.807, 2.05) is 42.5 Å². The smallest absolute Gasteiger partial charge is 0.358 e. The minimum atomic E-state index is -0.541. The van der Waals surface area contributed by atoms with Crippen molar-refractivity contribution in [2.24, 2.45) is 7.05 Å². The molecule has 0 fully saturated rings. The second kappa shape index (κ2) is 6.66. The molecule has 0 aliphatic carbocycles. The van der Waals surface area contributed by atoms with Crippen LogP contribution >= 0.6 is 0 Å². The molecule has 0 bridgehead atoms. The van der Waals surface area contributed by atoms with Crippen LogP contribution in [-0.4, -0.2) is 22.2 Å². The predicted molar refractivity (Wildman–Crippen MR) is 91.3 cm³/mol. The van der Waals surface area contributed by atoms with Gasteiger partial charge in [0.1, 0.15) is 12.4 Å². The predicted octanol–water partition coefficient (Wildman–Crippen LogP) is 3.64. The van der Waals surface area contributed by atoms with Gasteiger partial charge in [-0.1, -0.05) is 30.3 Å².